The maximum absolute atomic E-state index is 12.1. The molecule has 0 spiro atoms. The van der Waals surface area contributed by atoms with Gasteiger partial charge in [0.15, 0.2) is 10.7 Å². The zero-order valence-electron chi connectivity index (χ0n) is 13.5. The predicted molar refractivity (Wildman–Crippen MR) is 106 cm³/mol. The number of fused-ring (bicyclic) bond motifs is 1. The monoisotopic (exact) mass is 432 g/mol. The van der Waals surface area contributed by atoms with E-state index in [1.54, 1.807) is 42.5 Å². The fourth-order valence-electron chi connectivity index (χ4n) is 2.16. The molecular weight excluding hydrogens is 420 g/mol. The van der Waals surface area contributed by atoms with Gasteiger partial charge in [-0.15, -0.1) is 0 Å². The third-order valence-corrected chi connectivity index (χ3v) is 4.00. The summed E-state index contributed by atoms with van der Waals surface area (Å²) >= 11 is 8.43. The van der Waals surface area contributed by atoms with Crippen LogP contribution < -0.4 is 16.0 Å². The number of hydrogen-bond donors (Lipinski definition) is 3. The van der Waals surface area contributed by atoms with Crippen molar-refractivity contribution in [1.29, 1.82) is 0 Å². The van der Waals surface area contributed by atoms with Gasteiger partial charge in [0.05, 0.1) is 0 Å². The summed E-state index contributed by atoms with van der Waals surface area (Å²) < 4.78 is 6.42. The van der Waals surface area contributed by atoms with Gasteiger partial charge in [-0.25, -0.2) is 0 Å². The van der Waals surface area contributed by atoms with Gasteiger partial charge in [-0.1, -0.05) is 15.9 Å². The van der Waals surface area contributed by atoms with E-state index in [0.717, 1.165) is 4.47 Å². The van der Waals surface area contributed by atoms with E-state index in [0.29, 0.717) is 22.4 Å². The van der Waals surface area contributed by atoms with E-state index in [1.165, 1.54) is 6.92 Å². The van der Waals surface area contributed by atoms with Crippen molar-refractivity contribution in [3.05, 3.63) is 52.5 Å². The van der Waals surface area contributed by atoms with Crippen LogP contribution in [-0.2, 0) is 4.79 Å². The molecule has 3 aromatic rings. The van der Waals surface area contributed by atoms with E-state index in [9.17, 15) is 9.59 Å². The molecule has 0 unspecified atom stereocenters. The SMILES string of the molecule is CC(=O)Nc1ccc2nc(NC(=S)NC(=O)c3ccc(Br)cc3)oc2c1. The van der Waals surface area contributed by atoms with Gasteiger partial charge in [0.2, 0.25) is 5.91 Å². The number of oxazole rings is 1. The minimum absolute atomic E-state index is 0.0616. The number of anilines is 2. The summed E-state index contributed by atoms with van der Waals surface area (Å²) in [7, 11) is 0. The lowest BCUT2D eigenvalue weighted by atomic mass is 10.2. The highest BCUT2D eigenvalue weighted by Gasteiger charge is 2.11. The van der Waals surface area contributed by atoms with Gasteiger partial charge in [-0.2, -0.15) is 4.98 Å². The quantitative estimate of drug-likeness (QED) is 0.546. The molecule has 0 atom stereocenters. The second-order valence-electron chi connectivity index (χ2n) is 5.30. The zero-order valence-corrected chi connectivity index (χ0v) is 15.9. The number of carbonyl (C=O) groups excluding carboxylic acids is 2. The van der Waals surface area contributed by atoms with Crippen molar-refractivity contribution in [1.82, 2.24) is 10.3 Å². The summed E-state index contributed by atoms with van der Waals surface area (Å²) in [5.41, 5.74) is 2.12. The van der Waals surface area contributed by atoms with Gasteiger partial charge in [0.1, 0.15) is 5.52 Å². The summed E-state index contributed by atoms with van der Waals surface area (Å²) in [6.07, 6.45) is 0. The predicted octanol–water partition coefficient (Wildman–Crippen LogP) is 3.68. The number of rotatable bonds is 3. The average Bonchev–Trinajstić information content (AvgIpc) is 2.96. The third kappa shape index (κ3) is 4.44. The molecule has 3 rings (SSSR count). The van der Waals surface area contributed by atoms with Gasteiger partial charge in [0, 0.05) is 28.7 Å². The minimum Gasteiger partial charge on any atom is -0.423 e. The lowest BCUT2D eigenvalue weighted by molar-refractivity contribution is -0.114. The van der Waals surface area contributed by atoms with Crippen LogP contribution in [0.5, 0.6) is 0 Å². The van der Waals surface area contributed by atoms with Crippen LogP contribution in [0.1, 0.15) is 17.3 Å². The Morgan fingerprint density at radius 1 is 1.12 bits per heavy atom. The molecule has 132 valence electrons. The Labute approximate surface area is 162 Å². The van der Waals surface area contributed by atoms with E-state index in [2.05, 4.69) is 36.9 Å². The summed E-state index contributed by atoms with van der Waals surface area (Å²) in [5, 5.41) is 8.01. The van der Waals surface area contributed by atoms with Crippen LogP contribution in [0.4, 0.5) is 11.7 Å². The Kier molecular flexibility index (Phi) is 5.29. The number of benzene rings is 2. The zero-order chi connectivity index (χ0) is 18.7. The lowest BCUT2D eigenvalue weighted by Crippen LogP contribution is -2.34. The fourth-order valence-corrected chi connectivity index (χ4v) is 2.61. The van der Waals surface area contributed by atoms with E-state index in [1.807, 2.05) is 0 Å². The smallest absolute Gasteiger partial charge is 0.302 e. The van der Waals surface area contributed by atoms with Crippen molar-refractivity contribution >= 4 is 67.9 Å². The van der Waals surface area contributed by atoms with E-state index in [-0.39, 0.29) is 22.9 Å². The number of aromatic nitrogens is 1. The molecule has 0 radical (unpaired) electrons. The highest BCUT2D eigenvalue weighted by Crippen LogP contribution is 2.22. The lowest BCUT2D eigenvalue weighted by Gasteiger charge is -2.06. The Bertz CT molecular complexity index is 1000. The number of nitrogens with zero attached hydrogens (tertiary/aromatic N) is 1. The molecular formula is C17H13BrN4O3S. The van der Waals surface area contributed by atoms with Crippen molar-refractivity contribution in [3.8, 4) is 0 Å². The molecule has 0 aliphatic heterocycles. The molecule has 2 aromatic carbocycles. The summed E-state index contributed by atoms with van der Waals surface area (Å²) in [4.78, 5) is 27.5. The van der Waals surface area contributed by atoms with Crippen LogP contribution in [0, 0.1) is 0 Å². The number of halogens is 1. The van der Waals surface area contributed by atoms with Gasteiger partial charge in [-0.3, -0.25) is 20.2 Å². The van der Waals surface area contributed by atoms with Gasteiger partial charge in [0.25, 0.3) is 5.91 Å². The third-order valence-electron chi connectivity index (χ3n) is 3.26. The van der Waals surface area contributed by atoms with Crippen LogP contribution in [-0.4, -0.2) is 21.9 Å². The first kappa shape index (κ1) is 18.0. The van der Waals surface area contributed by atoms with Crippen LogP contribution in [0.3, 0.4) is 0 Å². The van der Waals surface area contributed by atoms with Crippen LogP contribution >= 0.6 is 28.1 Å². The molecule has 7 nitrogen and oxygen atoms in total. The van der Waals surface area contributed by atoms with Crippen molar-refractivity contribution in [3.63, 3.8) is 0 Å². The number of thiocarbonyl (C=S) groups is 1. The molecule has 0 saturated heterocycles. The van der Waals surface area contributed by atoms with Gasteiger partial charge >= 0.3 is 6.01 Å². The average molecular weight is 433 g/mol. The molecule has 0 aliphatic rings. The molecule has 2 amide bonds. The summed E-state index contributed by atoms with van der Waals surface area (Å²) in [5.74, 6) is -0.530. The Morgan fingerprint density at radius 2 is 1.85 bits per heavy atom. The molecule has 9 heteroatoms. The summed E-state index contributed by atoms with van der Waals surface area (Å²) in [6.45, 7) is 1.42. The summed E-state index contributed by atoms with van der Waals surface area (Å²) in [6, 6.07) is 12.1. The first-order chi connectivity index (χ1) is 12.4. The maximum atomic E-state index is 12.1. The van der Waals surface area contributed by atoms with E-state index >= 15 is 0 Å². The number of hydrogen-bond acceptors (Lipinski definition) is 5. The molecule has 26 heavy (non-hydrogen) atoms. The molecule has 0 aliphatic carbocycles. The highest BCUT2D eigenvalue weighted by molar-refractivity contribution is 9.10. The van der Waals surface area contributed by atoms with Crippen molar-refractivity contribution < 1.29 is 14.0 Å². The molecule has 3 N–H and O–H groups in total. The number of carbonyl (C=O) groups is 2. The van der Waals surface area contributed by atoms with Crippen molar-refractivity contribution in [2.24, 2.45) is 0 Å². The van der Waals surface area contributed by atoms with Crippen LogP contribution in [0.15, 0.2) is 51.4 Å². The van der Waals surface area contributed by atoms with Crippen molar-refractivity contribution in [2.75, 3.05) is 10.6 Å². The Hall–Kier alpha value is -2.78. The maximum Gasteiger partial charge on any atom is 0.302 e. The van der Waals surface area contributed by atoms with Crippen molar-refractivity contribution in [2.45, 2.75) is 6.92 Å². The first-order valence-electron chi connectivity index (χ1n) is 7.47. The Morgan fingerprint density at radius 3 is 2.54 bits per heavy atom. The van der Waals surface area contributed by atoms with Crippen LogP contribution in [0.2, 0.25) is 0 Å². The second-order valence-corrected chi connectivity index (χ2v) is 6.62. The van der Waals surface area contributed by atoms with Crippen LogP contribution in [0.25, 0.3) is 11.1 Å². The van der Waals surface area contributed by atoms with E-state index in [4.69, 9.17) is 16.6 Å². The largest absolute Gasteiger partial charge is 0.423 e. The first-order valence-corrected chi connectivity index (χ1v) is 8.67. The fraction of sp³-hybridized carbons (Fsp3) is 0.0588. The van der Waals surface area contributed by atoms with Gasteiger partial charge < -0.3 is 9.73 Å². The normalized spacial score (nSPS) is 10.4. The molecule has 0 saturated carbocycles. The van der Waals surface area contributed by atoms with Gasteiger partial charge in [-0.05, 0) is 48.6 Å². The molecule has 1 heterocycles. The minimum atomic E-state index is -0.348. The topological polar surface area (TPSA) is 96.3 Å². The number of amides is 2. The molecule has 0 bridgehead atoms. The second kappa shape index (κ2) is 7.63. The highest BCUT2D eigenvalue weighted by atomic mass is 79.9. The number of nitrogens with one attached hydrogen (secondary N) is 3. The van der Waals surface area contributed by atoms with E-state index < -0.39 is 0 Å². The molecule has 1 aromatic heterocycles. The Balaban J connectivity index is 1.67. The molecule has 0 fully saturated rings. The standard InChI is InChI=1S/C17H13BrN4O3S/c1-9(23)19-12-6-7-13-14(8-12)25-16(20-13)22-17(26)21-15(24)10-2-4-11(18)5-3-10/h2-8H,1H3,(H,19,23)(H2,20,21,22,24,26).